The monoisotopic (exact) mass is 275 g/mol. The van der Waals surface area contributed by atoms with E-state index in [1.165, 1.54) is 10.0 Å². The zero-order valence-electron chi connectivity index (χ0n) is 10.3. The number of fused-ring (bicyclic) bond motifs is 1. The zero-order valence-corrected chi connectivity index (χ0v) is 11.1. The number of rotatable bonds is 2. The fourth-order valence-corrected chi connectivity index (χ4v) is 3.47. The van der Waals surface area contributed by atoms with Gasteiger partial charge in [-0.2, -0.15) is 8.42 Å². The van der Waals surface area contributed by atoms with E-state index in [2.05, 4.69) is 10.9 Å². The minimum atomic E-state index is -3.61. The van der Waals surface area contributed by atoms with Crippen molar-refractivity contribution in [2.24, 2.45) is 0 Å². The molecule has 0 unspecified atom stereocenters. The van der Waals surface area contributed by atoms with Crippen molar-refractivity contribution in [1.29, 1.82) is 0 Å². The lowest BCUT2D eigenvalue weighted by molar-refractivity contribution is 0.586. The van der Waals surface area contributed by atoms with Gasteiger partial charge in [-0.3, -0.25) is 5.43 Å². The van der Waals surface area contributed by atoms with Crippen LogP contribution in [-0.2, 0) is 10.0 Å². The summed E-state index contributed by atoms with van der Waals surface area (Å²) in [5, 5.41) is 1.06. The molecule has 0 bridgehead atoms. The van der Waals surface area contributed by atoms with E-state index in [9.17, 15) is 8.42 Å². The first-order valence-electron chi connectivity index (χ1n) is 5.81. The van der Waals surface area contributed by atoms with Gasteiger partial charge in [0.2, 0.25) is 0 Å². The summed E-state index contributed by atoms with van der Waals surface area (Å²) in [6, 6.07) is 7.44. The van der Waals surface area contributed by atoms with Gasteiger partial charge in [-0.1, -0.05) is 18.2 Å². The highest BCUT2D eigenvalue weighted by atomic mass is 32.2. The molecule has 1 aromatic carbocycles. The van der Waals surface area contributed by atoms with Crippen LogP contribution in [-0.4, -0.2) is 12.4 Å². The molecule has 0 radical (unpaired) electrons. The number of hydrazine groups is 1. The van der Waals surface area contributed by atoms with Gasteiger partial charge in [0, 0.05) is 17.8 Å². The molecule has 5 nitrogen and oxygen atoms in total. The molecular weight excluding hydrogens is 262 g/mol. The first kappa shape index (κ1) is 11.9. The van der Waals surface area contributed by atoms with E-state index >= 15 is 0 Å². The third-order valence-corrected chi connectivity index (χ3v) is 4.65. The highest BCUT2D eigenvalue weighted by Gasteiger charge is 2.22. The molecule has 0 saturated heterocycles. The van der Waals surface area contributed by atoms with Gasteiger partial charge < -0.3 is 5.43 Å². The summed E-state index contributed by atoms with van der Waals surface area (Å²) in [6.07, 6.45) is 6.43. The van der Waals surface area contributed by atoms with E-state index in [1.54, 1.807) is 24.5 Å². The Morgan fingerprint density at radius 3 is 2.74 bits per heavy atom. The first-order valence-corrected chi connectivity index (χ1v) is 7.25. The predicted molar refractivity (Wildman–Crippen MR) is 74.5 cm³/mol. The standard InChI is InChI=1S/C13H13N3O2S/c1-10-9-16(12-6-3-2-5-11(10)12)19(17,18)13-7-4-8-14-15-13/h2-9,14-15H,1H3. The van der Waals surface area contributed by atoms with Gasteiger partial charge >= 0.3 is 0 Å². The topological polar surface area (TPSA) is 63.1 Å². The Bertz CT molecular complexity index is 800. The molecular formula is C13H13N3O2S. The fourth-order valence-electron chi connectivity index (χ4n) is 2.11. The van der Waals surface area contributed by atoms with E-state index in [0.717, 1.165) is 10.9 Å². The largest absolute Gasteiger partial charge is 0.308 e. The second kappa shape index (κ2) is 4.17. The Morgan fingerprint density at radius 2 is 2.00 bits per heavy atom. The number of benzene rings is 1. The van der Waals surface area contributed by atoms with Gasteiger partial charge in [0.25, 0.3) is 10.0 Å². The van der Waals surface area contributed by atoms with Gasteiger partial charge in [0.1, 0.15) is 0 Å². The summed E-state index contributed by atoms with van der Waals surface area (Å²) in [6.45, 7) is 1.90. The lowest BCUT2D eigenvalue weighted by Crippen LogP contribution is -2.34. The summed E-state index contributed by atoms with van der Waals surface area (Å²) in [5.41, 5.74) is 6.93. The second-order valence-corrected chi connectivity index (χ2v) is 6.07. The van der Waals surface area contributed by atoms with E-state index in [4.69, 9.17) is 0 Å². The number of nitrogens with zero attached hydrogens (tertiary/aromatic N) is 1. The van der Waals surface area contributed by atoms with Crippen LogP contribution in [0.1, 0.15) is 5.56 Å². The number of aromatic nitrogens is 1. The SMILES string of the molecule is Cc1cn(S(=O)(=O)C2=CC=CNN2)c2ccccc12. The van der Waals surface area contributed by atoms with Crippen molar-refractivity contribution in [2.45, 2.75) is 6.92 Å². The van der Waals surface area contributed by atoms with Gasteiger partial charge in [0.05, 0.1) is 5.52 Å². The minimum absolute atomic E-state index is 0.121. The van der Waals surface area contributed by atoms with Crippen LogP contribution in [0.25, 0.3) is 10.9 Å². The van der Waals surface area contributed by atoms with Crippen molar-refractivity contribution < 1.29 is 8.42 Å². The van der Waals surface area contributed by atoms with Crippen molar-refractivity contribution in [3.63, 3.8) is 0 Å². The Balaban J connectivity index is 2.24. The lowest BCUT2D eigenvalue weighted by Gasteiger charge is -2.15. The molecule has 0 atom stereocenters. The average molecular weight is 275 g/mol. The molecule has 98 valence electrons. The van der Waals surface area contributed by atoms with Crippen molar-refractivity contribution in [3.05, 3.63) is 59.4 Å². The van der Waals surface area contributed by atoms with Crippen molar-refractivity contribution in [1.82, 2.24) is 14.8 Å². The minimum Gasteiger partial charge on any atom is -0.308 e. The highest BCUT2D eigenvalue weighted by molar-refractivity contribution is 7.93. The molecule has 19 heavy (non-hydrogen) atoms. The van der Waals surface area contributed by atoms with E-state index in [1.807, 2.05) is 25.1 Å². The number of nitrogens with one attached hydrogen (secondary N) is 2. The quantitative estimate of drug-likeness (QED) is 0.873. The summed E-state index contributed by atoms with van der Waals surface area (Å²) >= 11 is 0. The lowest BCUT2D eigenvalue weighted by atomic mass is 10.2. The van der Waals surface area contributed by atoms with Crippen molar-refractivity contribution >= 4 is 20.9 Å². The van der Waals surface area contributed by atoms with E-state index in [-0.39, 0.29) is 5.03 Å². The van der Waals surface area contributed by atoms with Gasteiger partial charge in [-0.05, 0) is 30.7 Å². The molecule has 0 aliphatic carbocycles. The molecule has 3 rings (SSSR count). The Morgan fingerprint density at radius 1 is 1.21 bits per heavy atom. The van der Waals surface area contributed by atoms with E-state index < -0.39 is 10.0 Å². The number of hydrogen-bond donors (Lipinski definition) is 2. The number of aryl methyl sites for hydroxylation is 1. The molecule has 2 heterocycles. The second-order valence-electron chi connectivity index (χ2n) is 4.29. The van der Waals surface area contributed by atoms with E-state index in [0.29, 0.717) is 5.52 Å². The number of allylic oxidation sites excluding steroid dienone is 2. The fraction of sp³-hybridized carbons (Fsp3) is 0.0769. The van der Waals surface area contributed by atoms with Crippen LogP contribution in [0, 0.1) is 6.92 Å². The van der Waals surface area contributed by atoms with Crippen LogP contribution in [0.5, 0.6) is 0 Å². The van der Waals surface area contributed by atoms with Crippen LogP contribution < -0.4 is 10.9 Å². The maximum Gasteiger partial charge on any atom is 0.284 e. The number of hydrogen-bond acceptors (Lipinski definition) is 4. The molecule has 6 heteroatoms. The van der Waals surface area contributed by atoms with Crippen molar-refractivity contribution in [2.75, 3.05) is 0 Å². The molecule has 2 N–H and O–H groups in total. The molecule has 0 saturated carbocycles. The summed E-state index contributed by atoms with van der Waals surface area (Å²) < 4.78 is 26.4. The van der Waals surface area contributed by atoms with Crippen LogP contribution in [0.4, 0.5) is 0 Å². The van der Waals surface area contributed by atoms with Gasteiger partial charge in [-0.25, -0.2) is 3.97 Å². The molecule has 1 aliphatic heterocycles. The highest BCUT2D eigenvalue weighted by Crippen LogP contribution is 2.24. The van der Waals surface area contributed by atoms with Gasteiger partial charge in [-0.15, -0.1) is 0 Å². The Hall–Kier alpha value is -2.21. The van der Waals surface area contributed by atoms with Crippen molar-refractivity contribution in [3.8, 4) is 0 Å². The summed E-state index contributed by atoms with van der Waals surface area (Å²) in [7, 11) is -3.61. The van der Waals surface area contributed by atoms with Crippen LogP contribution >= 0.6 is 0 Å². The Labute approximate surface area is 111 Å². The van der Waals surface area contributed by atoms with Gasteiger partial charge in [0.15, 0.2) is 5.03 Å². The van der Waals surface area contributed by atoms with Crippen LogP contribution in [0.2, 0.25) is 0 Å². The van der Waals surface area contributed by atoms with Crippen LogP contribution in [0.3, 0.4) is 0 Å². The van der Waals surface area contributed by atoms with Crippen LogP contribution in [0.15, 0.2) is 53.8 Å². The summed E-state index contributed by atoms with van der Waals surface area (Å²) in [4.78, 5) is 0. The molecule has 2 aromatic rings. The summed E-state index contributed by atoms with van der Waals surface area (Å²) in [5.74, 6) is 0. The molecule has 0 fully saturated rings. The normalized spacial score (nSPS) is 14.9. The smallest absolute Gasteiger partial charge is 0.284 e. The molecule has 1 aromatic heterocycles. The molecule has 0 spiro atoms. The third-order valence-electron chi connectivity index (χ3n) is 3.04. The molecule has 0 amide bonds. The maximum atomic E-state index is 12.6. The Kier molecular flexibility index (Phi) is 2.60. The predicted octanol–water partition coefficient (Wildman–Crippen LogP) is 1.59. The zero-order chi connectivity index (χ0) is 13.5. The third kappa shape index (κ3) is 1.80. The average Bonchev–Trinajstić information content (AvgIpc) is 2.79. The first-order chi connectivity index (χ1) is 9.10. The molecule has 1 aliphatic rings. The number of para-hydroxylation sites is 1. The maximum absolute atomic E-state index is 12.6.